The Hall–Kier alpha value is -1.82. The summed E-state index contributed by atoms with van der Waals surface area (Å²) < 4.78 is 0. The van der Waals surface area contributed by atoms with Gasteiger partial charge in [0.15, 0.2) is 0 Å². The summed E-state index contributed by atoms with van der Waals surface area (Å²) >= 11 is 0. The van der Waals surface area contributed by atoms with Gasteiger partial charge in [0.25, 0.3) is 0 Å². The van der Waals surface area contributed by atoms with Gasteiger partial charge in [0.2, 0.25) is 0 Å². The van der Waals surface area contributed by atoms with Gasteiger partial charge in [-0.05, 0) is 51.1 Å². The van der Waals surface area contributed by atoms with Gasteiger partial charge in [-0.1, -0.05) is 63.2 Å². The lowest BCUT2D eigenvalue weighted by atomic mass is 9.82. The minimum Gasteiger partial charge on any atom is -0.0616 e. The molecule has 0 radical (unpaired) electrons. The highest BCUT2D eigenvalue weighted by Crippen LogP contribution is 2.34. The largest absolute Gasteiger partial charge is 0.0616 e. The van der Waals surface area contributed by atoms with E-state index in [-0.39, 0.29) is 5.41 Å². The summed E-state index contributed by atoms with van der Waals surface area (Å²) in [5, 5.41) is 5.47. The Morgan fingerprint density at radius 2 is 1.42 bits per heavy atom. The van der Waals surface area contributed by atoms with Gasteiger partial charge in [0.05, 0.1) is 0 Å². The quantitative estimate of drug-likeness (QED) is 0.454. The third-order valence-corrected chi connectivity index (χ3v) is 3.98. The molecule has 19 heavy (non-hydrogen) atoms. The fraction of sp³-hybridized carbons (Fsp3) is 0.263. The number of rotatable bonds is 0. The number of fused-ring (bicyclic) bond motifs is 2. The fourth-order valence-corrected chi connectivity index (χ4v) is 2.97. The standard InChI is InChI=1S/C19H20/c1-13-15-9-6-5-8-14(15)12-17-16(13)10-7-11-18(17)19(2,3)4/h5-12H,1-4H3. The van der Waals surface area contributed by atoms with Crippen molar-refractivity contribution in [3.63, 3.8) is 0 Å². The lowest BCUT2D eigenvalue weighted by Crippen LogP contribution is -2.11. The second-order valence-corrected chi connectivity index (χ2v) is 6.37. The Kier molecular flexibility index (Phi) is 2.63. The predicted molar refractivity (Wildman–Crippen MR) is 84.9 cm³/mol. The van der Waals surface area contributed by atoms with E-state index in [1.165, 1.54) is 32.7 Å². The first kappa shape index (κ1) is 12.2. The maximum Gasteiger partial charge on any atom is -0.0126 e. The zero-order chi connectivity index (χ0) is 13.6. The van der Waals surface area contributed by atoms with Crippen molar-refractivity contribution in [2.45, 2.75) is 33.1 Å². The molecule has 0 nitrogen and oxygen atoms in total. The van der Waals surface area contributed by atoms with Gasteiger partial charge in [-0.15, -0.1) is 0 Å². The maximum absolute atomic E-state index is 2.35. The van der Waals surface area contributed by atoms with E-state index in [1.807, 2.05) is 0 Å². The van der Waals surface area contributed by atoms with Crippen LogP contribution in [0, 0.1) is 6.92 Å². The molecule has 3 aromatic rings. The van der Waals surface area contributed by atoms with Crippen LogP contribution in [-0.4, -0.2) is 0 Å². The van der Waals surface area contributed by atoms with Gasteiger partial charge in [-0.25, -0.2) is 0 Å². The smallest absolute Gasteiger partial charge is 0.0126 e. The topological polar surface area (TPSA) is 0 Å². The van der Waals surface area contributed by atoms with Crippen molar-refractivity contribution in [2.75, 3.05) is 0 Å². The molecule has 0 fully saturated rings. The molecule has 0 aliphatic carbocycles. The first-order chi connectivity index (χ1) is 8.98. The van der Waals surface area contributed by atoms with Crippen LogP contribution in [0.25, 0.3) is 21.5 Å². The highest BCUT2D eigenvalue weighted by Gasteiger charge is 2.17. The van der Waals surface area contributed by atoms with Crippen LogP contribution in [0.3, 0.4) is 0 Å². The molecule has 0 saturated carbocycles. The molecule has 0 aliphatic rings. The molecule has 0 aromatic heterocycles. The predicted octanol–water partition coefficient (Wildman–Crippen LogP) is 5.60. The van der Waals surface area contributed by atoms with E-state index in [2.05, 4.69) is 76.2 Å². The van der Waals surface area contributed by atoms with Gasteiger partial charge in [0.1, 0.15) is 0 Å². The summed E-state index contributed by atoms with van der Waals surface area (Å²) in [7, 11) is 0. The highest BCUT2D eigenvalue weighted by molar-refractivity contribution is 6.03. The van der Waals surface area contributed by atoms with E-state index in [4.69, 9.17) is 0 Å². The summed E-state index contributed by atoms with van der Waals surface area (Å²) in [5.74, 6) is 0. The molecule has 0 N–H and O–H groups in total. The highest BCUT2D eigenvalue weighted by atomic mass is 14.2. The molecular formula is C19H20. The zero-order valence-corrected chi connectivity index (χ0v) is 12.1. The average Bonchev–Trinajstić information content (AvgIpc) is 2.37. The van der Waals surface area contributed by atoms with Crippen molar-refractivity contribution in [3.8, 4) is 0 Å². The molecule has 96 valence electrons. The van der Waals surface area contributed by atoms with E-state index < -0.39 is 0 Å². The van der Waals surface area contributed by atoms with E-state index >= 15 is 0 Å². The minimum atomic E-state index is 0.175. The van der Waals surface area contributed by atoms with E-state index in [9.17, 15) is 0 Å². The minimum absolute atomic E-state index is 0.175. The van der Waals surface area contributed by atoms with E-state index in [0.717, 1.165) is 0 Å². The van der Waals surface area contributed by atoms with Crippen molar-refractivity contribution >= 4 is 21.5 Å². The summed E-state index contributed by atoms with van der Waals surface area (Å²) in [5.41, 5.74) is 2.99. The first-order valence-corrected chi connectivity index (χ1v) is 6.90. The lowest BCUT2D eigenvalue weighted by Gasteiger charge is -2.22. The van der Waals surface area contributed by atoms with Crippen molar-refractivity contribution in [3.05, 3.63) is 59.7 Å². The van der Waals surface area contributed by atoms with Crippen LogP contribution < -0.4 is 0 Å². The average molecular weight is 248 g/mol. The summed E-state index contributed by atoms with van der Waals surface area (Å²) in [6.07, 6.45) is 0. The van der Waals surface area contributed by atoms with Gasteiger partial charge < -0.3 is 0 Å². The summed E-state index contributed by atoms with van der Waals surface area (Å²) in [6, 6.07) is 17.7. The Labute approximate surface area is 115 Å². The molecule has 3 rings (SSSR count). The molecule has 0 heteroatoms. The second kappa shape index (κ2) is 4.09. The Bertz CT molecular complexity index is 758. The normalized spacial score (nSPS) is 12.2. The SMILES string of the molecule is Cc1c2ccccc2cc2c(C(C)(C)C)cccc12. The van der Waals surface area contributed by atoms with Crippen molar-refractivity contribution in [1.29, 1.82) is 0 Å². The van der Waals surface area contributed by atoms with Crippen molar-refractivity contribution in [1.82, 2.24) is 0 Å². The van der Waals surface area contributed by atoms with Gasteiger partial charge in [-0.2, -0.15) is 0 Å². The van der Waals surface area contributed by atoms with Gasteiger partial charge >= 0.3 is 0 Å². The third-order valence-electron chi connectivity index (χ3n) is 3.98. The zero-order valence-electron chi connectivity index (χ0n) is 12.1. The molecule has 0 atom stereocenters. The summed E-state index contributed by atoms with van der Waals surface area (Å²) in [4.78, 5) is 0. The van der Waals surface area contributed by atoms with E-state index in [1.54, 1.807) is 0 Å². The Balaban J connectivity index is 2.51. The Morgan fingerprint density at radius 3 is 2.16 bits per heavy atom. The molecule has 0 amide bonds. The molecule has 0 saturated heterocycles. The second-order valence-electron chi connectivity index (χ2n) is 6.37. The van der Waals surface area contributed by atoms with Gasteiger partial charge in [-0.3, -0.25) is 0 Å². The molecule has 0 heterocycles. The van der Waals surface area contributed by atoms with Crippen LogP contribution in [0.1, 0.15) is 31.9 Å². The van der Waals surface area contributed by atoms with Crippen LogP contribution in [0.4, 0.5) is 0 Å². The Morgan fingerprint density at radius 1 is 0.737 bits per heavy atom. The number of hydrogen-bond acceptors (Lipinski definition) is 0. The third kappa shape index (κ3) is 1.92. The lowest BCUT2D eigenvalue weighted by molar-refractivity contribution is 0.596. The van der Waals surface area contributed by atoms with Crippen LogP contribution in [-0.2, 0) is 5.41 Å². The number of benzene rings is 3. The van der Waals surface area contributed by atoms with Gasteiger partial charge in [0, 0.05) is 0 Å². The van der Waals surface area contributed by atoms with Crippen molar-refractivity contribution < 1.29 is 0 Å². The molecule has 3 aromatic carbocycles. The molecule has 0 aliphatic heterocycles. The molecule has 0 bridgehead atoms. The fourth-order valence-electron chi connectivity index (χ4n) is 2.97. The monoisotopic (exact) mass is 248 g/mol. The molecular weight excluding hydrogens is 228 g/mol. The first-order valence-electron chi connectivity index (χ1n) is 6.90. The van der Waals surface area contributed by atoms with Crippen LogP contribution in [0.5, 0.6) is 0 Å². The van der Waals surface area contributed by atoms with E-state index in [0.29, 0.717) is 0 Å². The van der Waals surface area contributed by atoms with Crippen molar-refractivity contribution in [2.24, 2.45) is 0 Å². The number of hydrogen-bond donors (Lipinski definition) is 0. The van der Waals surface area contributed by atoms with Crippen LogP contribution in [0.15, 0.2) is 48.5 Å². The molecule has 0 unspecified atom stereocenters. The number of aryl methyl sites for hydroxylation is 1. The van der Waals surface area contributed by atoms with Crippen LogP contribution in [0.2, 0.25) is 0 Å². The molecule has 0 spiro atoms. The summed E-state index contributed by atoms with van der Waals surface area (Å²) in [6.45, 7) is 9.09. The maximum atomic E-state index is 2.35. The van der Waals surface area contributed by atoms with Crippen LogP contribution >= 0.6 is 0 Å².